The fraction of sp³-hybridized carbons (Fsp3) is 0.261. The number of para-hydroxylation sites is 2. The Morgan fingerprint density at radius 3 is 2.59 bits per heavy atom. The molecule has 5 rings (SSSR count). The molecule has 0 aliphatic carbocycles. The van der Waals surface area contributed by atoms with Gasteiger partial charge in [0.05, 0.1) is 23.2 Å². The summed E-state index contributed by atoms with van der Waals surface area (Å²) in [6, 6.07) is 11.4. The highest BCUT2D eigenvalue weighted by Crippen LogP contribution is 2.29. The minimum Gasteiger partial charge on any atom is -0.325 e. The van der Waals surface area contributed by atoms with E-state index < -0.39 is 28.8 Å². The second-order valence-electron chi connectivity index (χ2n) is 8.08. The molecule has 0 radical (unpaired) electrons. The van der Waals surface area contributed by atoms with Crippen LogP contribution in [0.25, 0.3) is 10.9 Å². The third-order valence-electron chi connectivity index (χ3n) is 6.22. The molecule has 2 amide bonds. The van der Waals surface area contributed by atoms with Gasteiger partial charge < -0.3 is 10.2 Å². The van der Waals surface area contributed by atoms with Crippen molar-refractivity contribution in [2.45, 2.75) is 31.3 Å². The van der Waals surface area contributed by atoms with E-state index in [0.29, 0.717) is 40.6 Å². The molecule has 162 valence electrons. The molecule has 2 bridgehead atoms. The van der Waals surface area contributed by atoms with Gasteiger partial charge in [-0.1, -0.05) is 30.3 Å². The van der Waals surface area contributed by atoms with Gasteiger partial charge in [-0.25, -0.2) is 0 Å². The maximum Gasteiger partial charge on any atom is 0.298 e. The predicted octanol–water partition coefficient (Wildman–Crippen LogP) is 2.46. The van der Waals surface area contributed by atoms with Gasteiger partial charge in [-0.15, -0.1) is 0 Å². The molecule has 2 aliphatic heterocycles. The SMILES string of the molecule is O=C1Nc2ccccc2C(=O)n2cc(c3ccccc32)C[C@H]([N+](=O)[O-])C(=O)N2CCC[C@@H]12. The zero-order valence-electron chi connectivity index (χ0n) is 17.1. The van der Waals surface area contributed by atoms with Crippen molar-refractivity contribution in [3.8, 4) is 0 Å². The van der Waals surface area contributed by atoms with Crippen LogP contribution in [0.3, 0.4) is 0 Å². The fourth-order valence-corrected chi connectivity index (χ4v) is 4.66. The lowest BCUT2D eigenvalue weighted by molar-refractivity contribution is -0.508. The van der Waals surface area contributed by atoms with Gasteiger partial charge in [0.1, 0.15) is 6.04 Å². The average molecular weight is 432 g/mol. The molecule has 3 aromatic rings. The summed E-state index contributed by atoms with van der Waals surface area (Å²) < 4.78 is 1.43. The first kappa shape index (κ1) is 19.9. The van der Waals surface area contributed by atoms with Gasteiger partial charge in [0, 0.05) is 23.1 Å². The molecule has 1 aromatic heterocycles. The summed E-state index contributed by atoms with van der Waals surface area (Å²) in [5, 5.41) is 15.4. The second-order valence-corrected chi connectivity index (χ2v) is 8.08. The molecule has 1 fully saturated rings. The first-order valence-corrected chi connectivity index (χ1v) is 10.4. The summed E-state index contributed by atoms with van der Waals surface area (Å²) in [6.45, 7) is 0.281. The lowest BCUT2D eigenvalue weighted by Crippen LogP contribution is -2.50. The largest absolute Gasteiger partial charge is 0.325 e. The molecule has 1 N–H and O–H groups in total. The third-order valence-corrected chi connectivity index (χ3v) is 6.22. The van der Waals surface area contributed by atoms with Crippen molar-refractivity contribution in [2.24, 2.45) is 0 Å². The van der Waals surface area contributed by atoms with E-state index in [9.17, 15) is 24.5 Å². The van der Waals surface area contributed by atoms with Crippen LogP contribution in [0, 0.1) is 10.1 Å². The van der Waals surface area contributed by atoms with Crippen LogP contribution < -0.4 is 5.32 Å². The number of amides is 2. The summed E-state index contributed by atoms with van der Waals surface area (Å²) in [4.78, 5) is 52.3. The molecule has 32 heavy (non-hydrogen) atoms. The van der Waals surface area contributed by atoms with Crippen LogP contribution in [0.4, 0.5) is 5.69 Å². The van der Waals surface area contributed by atoms with Crippen molar-refractivity contribution in [3.05, 3.63) is 76.0 Å². The standard InChI is InChI=1S/C23H20N4O5/c28-21-19-10-5-11-25(19)23(30)20(27(31)32)12-14-13-26(18-9-4-2-6-15(14)18)22(29)16-7-1-3-8-17(16)24-21/h1-4,6-9,13,19-20H,5,10-12H2,(H,24,28)/t19-,20-/m0/s1. The van der Waals surface area contributed by atoms with Crippen molar-refractivity contribution >= 4 is 34.3 Å². The number of hydrogen-bond donors (Lipinski definition) is 1. The monoisotopic (exact) mass is 432 g/mol. The van der Waals surface area contributed by atoms with Gasteiger partial charge in [0.2, 0.25) is 5.91 Å². The van der Waals surface area contributed by atoms with Crippen LogP contribution >= 0.6 is 0 Å². The van der Waals surface area contributed by atoms with Crippen LogP contribution in [0.1, 0.15) is 28.8 Å². The summed E-state index contributed by atoms with van der Waals surface area (Å²) >= 11 is 0. The van der Waals surface area contributed by atoms with Gasteiger partial charge in [-0.3, -0.25) is 29.1 Å². The summed E-state index contributed by atoms with van der Waals surface area (Å²) in [5.41, 5.74) is 1.76. The number of carbonyl (C=O) groups is 3. The van der Waals surface area contributed by atoms with E-state index in [-0.39, 0.29) is 18.9 Å². The maximum atomic E-state index is 13.5. The topological polar surface area (TPSA) is 115 Å². The van der Waals surface area contributed by atoms with Crippen LogP contribution in [-0.4, -0.2) is 50.7 Å². The second kappa shape index (κ2) is 7.60. The highest BCUT2D eigenvalue weighted by molar-refractivity contribution is 6.09. The Labute approximate surface area is 182 Å². The van der Waals surface area contributed by atoms with Gasteiger partial charge in [0.25, 0.3) is 17.9 Å². The van der Waals surface area contributed by atoms with Crippen molar-refractivity contribution < 1.29 is 19.3 Å². The number of carbonyl (C=O) groups excluding carboxylic acids is 3. The van der Waals surface area contributed by atoms with E-state index >= 15 is 0 Å². The van der Waals surface area contributed by atoms with Gasteiger partial charge in [-0.05, 0) is 36.6 Å². The number of hydrogen-bond acceptors (Lipinski definition) is 5. The van der Waals surface area contributed by atoms with Crippen LogP contribution in [0.15, 0.2) is 54.7 Å². The molecule has 2 aromatic carbocycles. The first-order chi connectivity index (χ1) is 15.5. The zero-order chi connectivity index (χ0) is 22.4. The molecule has 2 atom stereocenters. The van der Waals surface area contributed by atoms with E-state index in [1.165, 1.54) is 9.47 Å². The van der Waals surface area contributed by atoms with Gasteiger partial charge >= 0.3 is 0 Å². The number of anilines is 1. The Kier molecular flexibility index (Phi) is 4.73. The molecule has 0 spiro atoms. The third kappa shape index (κ3) is 3.13. The average Bonchev–Trinajstić information content (AvgIpc) is 3.42. The van der Waals surface area contributed by atoms with Crippen LogP contribution in [0.5, 0.6) is 0 Å². The molecule has 0 saturated carbocycles. The molecule has 9 heteroatoms. The Hall–Kier alpha value is -4.01. The minimum absolute atomic E-state index is 0.168. The lowest BCUT2D eigenvalue weighted by atomic mass is 10.0. The molecule has 1 saturated heterocycles. The Bertz CT molecular complexity index is 1280. The quantitative estimate of drug-likeness (QED) is 0.469. The number of rotatable bonds is 1. The van der Waals surface area contributed by atoms with Crippen molar-refractivity contribution in [1.29, 1.82) is 0 Å². The van der Waals surface area contributed by atoms with E-state index in [0.717, 1.165) is 0 Å². The van der Waals surface area contributed by atoms with Crippen LogP contribution in [-0.2, 0) is 16.0 Å². The first-order valence-electron chi connectivity index (χ1n) is 10.4. The maximum absolute atomic E-state index is 13.5. The van der Waals surface area contributed by atoms with E-state index in [1.807, 2.05) is 0 Å². The summed E-state index contributed by atoms with van der Waals surface area (Å²) in [6.07, 6.45) is 2.39. The minimum atomic E-state index is -1.54. The normalized spacial score (nSPS) is 21.2. The fourth-order valence-electron chi connectivity index (χ4n) is 4.66. The highest BCUT2D eigenvalue weighted by atomic mass is 16.6. The lowest BCUT2D eigenvalue weighted by Gasteiger charge is -2.25. The summed E-state index contributed by atoms with van der Waals surface area (Å²) in [7, 11) is 0. The number of nitrogens with zero attached hydrogens (tertiary/aromatic N) is 3. The Balaban J connectivity index is 1.73. The van der Waals surface area contributed by atoms with E-state index in [1.54, 1.807) is 54.7 Å². The van der Waals surface area contributed by atoms with Crippen molar-refractivity contribution in [1.82, 2.24) is 9.47 Å². The summed E-state index contributed by atoms with van der Waals surface area (Å²) in [5.74, 6) is -1.49. The predicted molar refractivity (Wildman–Crippen MR) is 116 cm³/mol. The number of nitro groups is 1. The molecule has 9 nitrogen and oxygen atoms in total. The van der Waals surface area contributed by atoms with E-state index in [4.69, 9.17) is 0 Å². The molecule has 0 unspecified atom stereocenters. The number of aromatic nitrogens is 1. The molecular formula is C23H20N4O5. The molecule has 3 heterocycles. The zero-order valence-corrected chi connectivity index (χ0v) is 17.1. The van der Waals surface area contributed by atoms with Gasteiger partial charge in [0.15, 0.2) is 0 Å². The van der Waals surface area contributed by atoms with Crippen molar-refractivity contribution in [3.63, 3.8) is 0 Å². The smallest absolute Gasteiger partial charge is 0.298 e. The van der Waals surface area contributed by atoms with Crippen LogP contribution in [0.2, 0.25) is 0 Å². The Morgan fingerprint density at radius 1 is 1.03 bits per heavy atom. The number of fused-ring (bicyclic) bond motifs is 7. The molecule has 2 aliphatic rings. The number of nitrogens with one attached hydrogen (secondary N) is 1. The highest BCUT2D eigenvalue weighted by Gasteiger charge is 2.42. The van der Waals surface area contributed by atoms with E-state index in [2.05, 4.69) is 5.32 Å². The molecular weight excluding hydrogens is 412 g/mol. The van der Waals surface area contributed by atoms with Gasteiger partial charge in [-0.2, -0.15) is 0 Å². The van der Waals surface area contributed by atoms with Crippen molar-refractivity contribution in [2.75, 3.05) is 11.9 Å². The number of benzene rings is 2. The Morgan fingerprint density at radius 2 is 1.78 bits per heavy atom.